The summed E-state index contributed by atoms with van der Waals surface area (Å²) in [5.41, 5.74) is 1.07. The zero-order chi connectivity index (χ0) is 20.3. The second-order valence-electron chi connectivity index (χ2n) is 6.75. The van der Waals surface area contributed by atoms with Gasteiger partial charge < -0.3 is 14.5 Å². The molecule has 0 unspecified atom stereocenters. The largest absolute Gasteiger partial charge is 0.489 e. The Bertz CT molecular complexity index is 1090. The molecule has 0 aliphatic heterocycles. The molecule has 29 heavy (non-hydrogen) atoms. The molecule has 0 radical (unpaired) electrons. The molecule has 3 aromatic rings. The predicted molar refractivity (Wildman–Crippen MR) is 107 cm³/mol. The maximum atomic E-state index is 12.6. The minimum Gasteiger partial charge on any atom is -0.489 e. The van der Waals surface area contributed by atoms with Crippen LogP contribution in [0.5, 0.6) is 5.75 Å². The van der Waals surface area contributed by atoms with Crippen LogP contribution in [0.4, 0.5) is 5.69 Å². The van der Waals surface area contributed by atoms with E-state index in [2.05, 4.69) is 10.0 Å². The van der Waals surface area contributed by atoms with Gasteiger partial charge in [-0.25, -0.2) is 13.1 Å². The summed E-state index contributed by atoms with van der Waals surface area (Å²) in [7, 11) is -3.52. The molecule has 8 heteroatoms. The number of nitrogens with one attached hydrogen (secondary N) is 2. The number of anilines is 1. The lowest BCUT2D eigenvalue weighted by Gasteiger charge is -2.09. The maximum Gasteiger partial charge on any atom is 0.291 e. The second-order valence-corrected chi connectivity index (χ2v) is 8.46. The van der Waals surface area contributed by atoms with E-state index in [0.29, 0.717) is 17.0 Å². The fourth-order valence-corrected chi connectivity index (χ4v) is 4.03. The summed E-state index contributed by atoms with van der Waals surface area (Å²) in [5.74, 6) is 0.401. The molecular formula is C21H20N2O5S. The number of amides is 1. The highest BCUT2D eigenvalue weighted by Gasteiger charge is 2.27. The lowest BCUT2D eigenvalue weighted by atomic mass is 10.2. The Morgan fingerprint density at radius 1 is 1.03 bits per heavy atom. The first-order chi connectivity index (χ1) is 14.0. The molecule has 4 rings (SSSR count). The summed E-state index contributed by atoms with van der Waals surface area (Å²) in [6.07, 6.45) is 3.16. The van der Waals surface area contributed by atoms with Gasteiger partial charge in [0.25, 0.3) is 5.91 Å². The Morgan fingerprint density at radius 3 is 2.45 bits per heavy atom. The standard InChI is InChI=1S/C21H20N2O5S/c24-21(20-15(12-13-27-20)14-28-18-4-2-1-3-5-18)22-16-8-10-19(11-9-16)29(25,26)23-17-6-7-17/h1-5,8-13,17,23H,6-7,14H2,(H,22,24). The average Bonchev–Trinajstić information content (AvgIpc) is 3.39. The Labute approximate surface area is 168 Å². The van der Waals surface area contributed by atoms with Crippen molar-refractivity contribution in [1.82, 2.24) is 4.72 Å². The van der Waals surface area contributed by atoms with E-state index >= 15 is 0 Å². The molecule has 150 valence electrons. The van der Waals surface area contributed by atoms with Gasteiger partial charge in [0.05, 0.1) is 11.2 Å². The van der Waals surface area contributed by atoms with Crippen molar-refractivity contribution in [2.45, 2.75) is 30.4 Å². The van der Waals surface area contributed by atoms with E-state index in [1.807, 2.05) is 30.3 Å². The van der Waals surface area contributed by atoms with Crippen LogP contribution < -0.4 is 14.8 Å². The number of carbonyl (C=O) groups is 1. The summed E-state index contributed by atoms with van der Waals surface area (Å²) < 4.78 is 38.0. The summed E-state index contributed by atoms with van der Waals surface area (Å²) in [6.45, 7) is 0.188. The zero-order valence-electron chi connectivity index (χ0n) is 15.5. The molecule has 1 fully saturated rings. The van der Waals surface area contributed by atoms with E-state index in [1.165, 1.54) is 18.4 Å². The molecule has 0 spiro atoms. The monoisotopic (exact) mass is 412 g/mol. The molecule has 2 N–H and O–H groups in total. The van der Waals surface area contributed by atoms with E-state index in [9.17, 15) is 13.2 Å². The third-order valence-electron chi connectivity index (χ3n) is 4.41. The molecule has 2 aromatic carbocycles. The van der Waals surface area contributed by atoms with Crippen LogP contribution in [0.1, 0.15) is 29.0 Å². The maximum absolute atomic E-state index is 12.6. The summed E-state index contributed by atoms with van der Waals surface area (Å²) >= 11 is 0. The number of furan rings is 1. The molecule has 1 saturated carbocycles. The van der Waals surface area contributed by atoms with Gasteiger partial charge in [0.15, 0.2) is 5.76 Å². The Morgan fingerprint density at radius 2 is 1.76 bits per heavy atom. The van der Waals surface area contributed by atoms with Crippen molar-refractivity contribution >= 4 is 21.6 Å². The Balaban J connectivity index is 1.40. The van der Waals surface area contributed by atoms with Crippen LogP contribution in [-0.2, 0) is 16.6 Å². The van der Waals surface area contributed by atoms with Crippen LogP contribution in [0.25, 0.3) is 0 Å². The van der Waals surface area contributed by atoms with Crippen LogP contribution in [0.3, 0.4) is 0 Å². The quantitative estimate of drug-likeness (QED) is 0.590. The number of rotatable bonds is 8. The van der Waals surface area contributed by atoms with Crippen molar-refractivity contribution in [3.05, 3.63) is 78.3 Å². The molecule has 7 nitrogen and oxygen atoms in total. The van der Waals surface area contributed by atoms with Crippen LogP contribution in [0.15, 0.2) is 76.2 Å². The molecule has 0 bridgehead atoms. The first-order valence-corrected chi connectivity index (χ1v) is 10.7. The smallest absolute Gasteiger partial charge is 0.291 e. The first-order valence-electron chi connectivity index (χ1n) is 9.19. The average molecular weight is 412 g/mol. The fourth-order valence-electron chi connectivity index (χ4n) is 2.72. The van der Waals surface area contributed by atoms with Crippen molar-refractivity contribution in [2.75, 3.05) is 5.32 Å². The second kappa shape index (κ2) is 8.10. The molecular weight excluding hydrogens is 392 g/mol. The number of hydrogen-bond acceptors (Lipinski definition) is 5. The summed E-state index contributed by atoms with van der Waals surface area (Å²) in [4.78, 5) is 12.7. The van der Waals surface area contributed by atoms with Crippen LogP contribution in [0, 0.1) is 0 Å². The minimum atomic E-state index is -3.52. The van der Waals surface area contributed by atoms with Crippen molar-refractivity contribution in [3.63, 3.8) is 0 Å². The Kier molecular flexibility index (Phi) is 5.37. The number of benzene rings is 2. The first kappa shape index (κ1) is 19.2. The molecule has 1 heterocycles. The normalized spacial score (nSPS) is 13.8. The van der Waals surface area contributed by atoms with Gasteiger partial charge in [-0.15, -0.1) is 0 Å². The van der Waals surface area contributed by atoms with Crippen molar-refractivity contribution < 1.29 is 22.4 Å². The van der Waals surface area contributed by atoms with Gasteiger partial charge in [0.1, 0.15) is 12.4 Å². The van der Waals surface area contributed by atoms with E-state index < -0.39 is 15.9 Å². The van der Waals surface area contributed by atoms with Gasteiger partial charge in [-0.1, -0.05) is 18.2 Å². The van der Waals surface area contributed by atoms with Crippen LogP contribution >= 0.6 is 0 Å². The molecule has 1 aliphatic carbocycles. The number of sulfonamides is 1. The van der Waals surface area contributed by atoms with E-state index in [-0.39, 0.29) is 23.3 Å². The highest BCUT2D eigenvalue weighted by atomic mass is 32.2. The van der Waals surface area contributed by atoms with Crippen LogP contribution in [0.2, 0.25) is 0 Å². The SMILES string of the molecule is O=C(Nc1ccc(S(=O)(=O)NC2CC2)cc1)c1occc1COc1ccccc1. The summed E-state index contributed by atoms with van der Waals surface area (Å²) in [6, 6.07) is 17.0. The molecule has 1 aromatic heterocycles. The molecule has 0 atom stereocenters. The highest BCUT2D eigenvalue weighted by Crippen LogP contribution is 2.23. The van der Waals surface area contributed by atoms with Crippen molar-refractivity contribution in [2.24, 2.45) is 0 Å². The van der Waals surface area contributed by atoms with E-state index in [4.69, 9.17) is 9.15 Å². The minimum absolute atomic E-state index is 0.0369. The van der Waals surface area contributed by atoms with Gasteiger partial charge >= 0.3 is 0 Å². The van der Waals surface area contributed by atoms with E-state index in [1.54, 1.807) is 18.2 Å². The van der Waals surface area contributed by atoms with Gasteiger partial charge in [-0.3, -0.25) is 4.79 Å². The predicted octanol–water partition coefficient (Wildman–Crippen LogP) is 3.55. The van der Waals surface area contributed by atoms with E-state index in [0.717, 1.165) is 12.8 Å². The number of para-hydroxylation sites is 1. The van der Waals surface area contributed by atoms with Gasteiger partial charge in [0.2, 0.25) is 10.0 Å². The lowest BCUT2D eigenvalue weighted by Crippen LogP contribution is -2.25. The van der Waals surface area contributed by atoms with Crippen LogP contribution in [-0.4, -0.2) is 20.4 Å². The molecule has 1 aliphatic rings. The van der Waals surface area contributed by atoms with Gasteiger partial charge in [-0.2, -0.15) is 0 Å². The Hall–Kier alpha value is -3.10. The fraction of sp³-hybridized carbons (Fsp3) is 0.190. The highest BCUT2D eigenvalue weighted by molar-refractivity contribution is 7.89. The third-order valence-corrected chi connectivity index (χ3v) is 5.95. The lowest BCUT2D eigenvalue weighted by molar-refractivity contribution is 0.0993. The number of carbonyl (C=O) groups excluding carboxylic acids is 1. The van der Waals surface area contributed by atoms with Gasteiger partial charge in [0, 0.05) is 17.3 Å². The number of hydrogen-bond donors (Lipinski definition) is 2. The zero-order valence-corrected chi connectivity index (χ0v) is 16.3. The van der Waals surface area contributed by atoms with Crippen molar-refractivity contribution in [3.8, 4) is 5.75 Å². The topological polar surface area (TPSA) is 97.6 Å². The van der Waals surface area contributed by atoms with Crippen molar-refractivity contribution in [1.29, 1.82) is 0 Å². The molecule has 1 amide bonds. The summed E-state index contributed by atoms with van der Waals surface area (Å²) in [5, 5.41) is 2.71. The molecule has 0 saturated heterocycles. The van der Waals surface area contributed by atoms with Gasteiger partial charge in [-0.05, 0) is 55.3 Å². The number of ether oxygens (including phenoxy) is 1. The third kappa shape index (κ3) is 4.85.